The summed E-state index contributed by atoms with van der Waals surface area (Å²) < 4.78 is 37.0. The lowest BCUT2D eigenvalue weighted by molar-refractivity contribution is -0.137. The van der Waals surface area contributed by atoms with Gasteiger partial charge in [0.15, 0.2) is 0 Å². The minimum atomic E-state index is -4.33. The fourth-order valence-electron chi connectivity index (χ4n) is 1.40. The second-order valence-electron chi connectivity index (χ2n) is 3.42. The van der Waals surface area contributed by atoms with Crippen molar-refractivity contribution in [1.82, 2.24) is 4.98 Å². The Kier molecular flexibility index (Phi) is 3.10. The van der Waals surface area contributed by atoms with E-state index in [0.717, 1.165) is 12.1 Å². The molecule has 0 fully saturated rings. The summed E-state index contributed by atoms with van der Waals surface area (Å²) in [6.07, 6.45) is -4.33. The minimum Gasteiger partial charge on any atom is -0.344 e. The van der Waals surface area contributed by atoms with Crippen molar-refractivity contribution in [2.75, 3.05) is 0 Å². The molecule has 90 valence electrons. The molecule has 0 radical (unpaired) electrons. The molecule has 0 aliphatic rings. The molecule has 0 unspecified atom stereocenters. The number of hydrogen-bond donors (Lipinski definition) is 1. The zero-order valence-corrected chi connectivity index (χ0v) is 9.79. The standard InChI is InChI=1S/C11H6Cl2F3N/c12-8-5-9(17-10(8)13)6-1-3-7(4-2-6)11(14,15)16/h1-5,17H. The van der Waals surface area contributed by atoms with E-state index in [1.54, 1.807) is 6.07 Å². The largest absolute Gasteiger partial charge is 0.416 e. The number of halogens is 5. The van der Waals surface area contributed by atoms with Crippen molar-refractivity contribution in [3.05, 3.63) is 46.1 Å². The molecule has 17 heavy (non-hydrogen) atoms. The van der Waals surface area contributed by atoms with Crippen LogP contribution in [0.15, 0.2) is 30.3 Å². The Bertz CT molecular complexity index is 509. The minimum absolute atomic E-state index is 0.265. The number of nitrogens with one attached hydrogen (secondary N) is 1. The van der Waals surface area contributed by atoms with E-state index in [-0.39, 0.29) is 5.15 Å². The van der Waals surface area contributed by atoms with Crippen LogP contribution < -0.4 is 0 Å². The first-order chi connectivity index (χ1) is 7.88. The van der Waals surface area contributed by atoms with E-state index in [1.807, 2.05) is 0 Å². The average Bonchev–Trinajstić information content (AvgIpc) is 2.58. The zero-order chi connectivity index (χ0) is 12.6. The number of rotatable bonds is 1. The van der Waals surface area contributed by atoms with Gasteiger partial charge >= 0.3 is 6.18 Å². The molecule has 0 aliphatic carbocycles. The number of benzene rings is 1. The molecule has 1 heterocycles. The highest BCUT2D eigenvalue weighted by atomic mass is 35.5. The average molecular weight is 280 g/mol. The zero-order valence-electron chi connectivity index (χ0n) is 8.28. The fraction of sp³-hybridized carbons (Fsp3) is 0.0909. The first-order valence-electron chi connectivity index (χ1n) is 4.59. The normalized spacial score (nSPS) is 11.8. The monoisotopic (exact) mass is 279 g/mol. The lowest BCUT2D eigenvalue weighted by atomic mass is 10.1. The second-order valence-corrected chi connectivity index (χ2v) is 4.21. The SMILES string of the molecule is FC(F)(F)c1ccc(-c2cc(Cl)c(Cl)[nH]2)cc1. The molecule has 1 nitrogen and oxygen atoms in total. The van der Waals surface area contributed by atoms with Gasteiger partial charge in [-0.1, -0.05) is 35.3 Å². The number of hydrogen-bond acceptors (Lipinski definition) is 0. The maximum atomic E-state index is 12.3. The van der Waals surface area contributed by atoms with Crippen molar-refractivity contribution in [2.24, 2.45) is 0 Å². The summed E-state index contributed by atoms with van der Waals surface area (Å²) in [5.74, 6) is 0. The van der Waals surface area contributed by atoms with Crippen molar-refractivity contribution < 1.29 is 13.2 Å². The van der Waals surface area contributed by atoms with Crippen molar-refractivity contribution in [3.63, 3.8) is 0 Å². The molecule has 0 amide bonds. The van der Waals surface area contributed by atoms with Gasteiger partial charge in [0.2, 0.25) is 0 Å². The van der Waals surface area contributed by atoms with E-state index in [2.05, 4.69) is 4.98 Å². The van der Waals surface area contributed by atoms with Gasteiger partial charge in [0, 0.05) is 5.69 Å². The third kappa shape index (κ3) is 2.58. The lowest BCUT2D eigenvalue weighted by Crippen LogP contribution is -2.03. The Morgan fingerprint density at radius 3 is 2.00 bits per heavy atom. The van der Waals surface area contributed by atoms with Crippen molar-refractivity contribution in [3.8, 4) is 11.3 Å². The van der Waals surface area contributed by atoms with Gasteiger partial charge in [0.25, 0.3) is 0 Å². The maximum absolute atomic E-state index is 12.3. The maximum Gasteiger partial charge on any atom is 0.416 e. The molecule has 1 aromatic heterocycles. The molecule has 0 bridgehead atoms. The highest BCUT2D eigenvalue weighted by Gasteiger charge is 2.30. The van der Waals surface area contributed by atoms with Gasteiger partial charge in [-0.3, -0.25) is 0 Å². The summed E-state index contributed by atoms with van der Waals surface area (Å²) in [4.78, 5) is 2.77. The topological polar surface area (TPSA) is 15.8 Å². The van der Waals surface area contributed by atoms with Crippen molar-refractivity contribution in [2.45, 2.75) is 6.18 Å². The molecule has 0 atom stereocenters. The van der Waals surface area contributed by atoms with Crippen LogP contribution in [0, 0.1) is 0 Å². The molecule has 0 saturated carbocycles. The number of aromatic amines is 1. The van der Waals surface area contributed by atoms with Crippen molar-refractivity contribution >= 4 is 23.2 Å². The first-order valence-corrected chi connectivity index (χ1v) is 5.35. The Morgan fingerprint density at radius 1 is 1.00 bits per heavy atom. The van der Waals surface area contributed by atoms with E-state index < -0.39 is 11.7 Å². The molecule has 0 saturated heterocycles. The predicted octanol–water partition coefficient (Wildman–Crippen LogP) is 5.01. The third-order valence-electron chi connectivity index (χ3n) is 2.25. The summed E-state index contributed by atoms with van der Waals surface area (Å²) in [6, 6.07) is 6.31. The van der Waals surface area contributed by atoms with Crippen LogP contribution in [-0.4, -0.2) is 4.98 Å². The van der Waals surface area contributed by atoms with E-state index in [4.69, 9.17) is 23.2 Å². The van der Waals surface area contributed by atoms with Gasteiger partial charge in [-0.05, 0) is 23.8 Å². The van der Waals surface area contributed by atoms with Crippen LogP contribution in [0.3, 0.4) is 0 Å². The Labute approximate surface area is 105 Å². The molecule has 6 heteroatoms. The summed E-state index contributed by atoms with van der Waals surface area (Å²) in [7, 11) is 0. The van der Waals surface area contributed by atoms with E-state index in [9.17, 15) is 13.2 Å². The second kappa shape index (κ2) is 4.27. The summed E-state index contributed by atoms with van der Waals surface area (Å²) >= 11 is 11.5. The summed E-state index contributed by atoms with van der Waals surface area (Å²) in [5, 5.41) is 0.600. The predicted molar refractivity (Wildman–Crippen MR) is 61.3 cm³/mol. The van der Waals surface area contributed by atoms with Gasteiger partial charge in [0.05, 0.1) is 10.6 Å². The molecule has 2 aromatic rings. The fourth-order valence-corrected chi connectivity index (χ4v) is 1.71. The number of alkyl halides is 3. The van der Waals surface area contributed by atoms with Crippen LogP contribution in [0.2, 0.25) is 10.2 Å². The molecule has 2 rings (SSSR count). The summed E-state index contributed by atoms with van der Waals surface area (Å²) in [6.45, 7) is 0. The van der Waals surface area contributed by atoms with Crippen LogP contribution >= 0.6 is 23.2 Å². The highest BCUT2D eigenvalue weighted by molar-refractivity contribution is 6.41. The quantitative estimate of drug-likeness (QED) is 0.756. The van der Waals surface area contributed by atoms with E-state index in [0.29, 0.717) is 16.3 Å². The van der Waals surface area contributed by atoms with Gasteiger partial charge in [-0.15, -0.1) is 0 Å². The summed E-state index contributed by atoms with van der Waals surface area (Å²) in [5.41, 5.74) is 0.477. The van der Waals surface area contributed by atoms with Gasteiger partial charge in [-0.2, -0.15) is 13.2 Å². The highest BCUT2D eigenvalue weighted by Crippen LogP contribution is 2.32. The number of H-pyrrole nitrogens is 1. The Balaban J connectivity index is 2.36. The van der Waals surface area contributed by atoms with Gasteiger partial charge in [-0.25, -0.2) is 0 Å². The molecule has 0 spiro atoms. The molecule has 0 aliphatic heterocycles. The molecule has 1 aromatic carbocycles. The Hall–Kier alpha value is -1.13. The molecular formula is C11H6Cl2F3N. The first kappa shape index (κ1) is 12.3. The smallest absolute Gasteiger partial charge is 0.344 e. The van der Waals surface area contributed by atoms with Crippen molar-refractivity contribution in [1.29, 1.82) is 0 Å². The Morgan fingerprint density at radius 2 is 1.59 bits per heavy atom. The van der Waals surface area contributed by atoms with Crippen LogP contribution in [0.4, 0.5) is 13.2 Å². The van der Waals surface area contributed by atoms with Gasteiger partial charge < -0.3 is 4.98 Å². The molecule has 1 N–H and O–H groups in total. The van der Waals surface area contributed by atoms with E-state index >= 15 is 0 Å². The third-order valence-corrected chi connectivity index (χ3v) is 2.94. The lowest BCUT2D eigenvalue weighted by Gasteiger charge is -2.06. The van der Waals surface area contributed by atoms with Crippen LogP contribution in [0.25, 0.3) is 11.3 Å². The van der Waals surface area contributed by atoms with Crippen LogP contribution in [0.1, 0.15) is 5.56 Å². The van der Waals surface area contributed by atoms with E-state index in [1.165, 1.54) is 12.1 Å². The van der Waals surface area contributed by atoms with Gasteiger partial charge in [0.1, 0.15) is 5.15 Å². The van der Waals surface area contributed by atoms with Crippen LogP contribution in [-0.2, 0) is 6.18 Å². The van der Waals surface area contributed by atoms with Crippen LogP contribution in [0.5, 0.6) is 0 Å². The molecular weight excluding hydrogens is 274 g/mol. The number of aromatic nitrogens is 1.